The lowest BCUT2D eigenvalue weighted by Crippen LogP contribution is -2.18. The SMILES string of the molecule is OC(c1cc(Cl)sc1Cl)C1CC2CCC1C2. The first kappa shape index (κ1) is 11.3. The number of aliphatic hydroxyl groups excluding tert-OH is 1. The van der Waals surface area contributed by atoms with Gasteiger partial charge in [-0.15, -0.1) is 11.3 Å². The number of fused-ring (bicyclic) bond motifs is 2. The minimum atomic E-state index is -0.411. The van der Waals surface area contributed by atoms with E-state index in [1.165, 1.54) is 30.6 Å². The smallest absolute Gasteiger partial charge is 0.100 e. The Morgan fingerprint density at radius 2 is 2.12 bits per heavy atom. The maximum absolute atomic E-state index is 10.4. The van der Waals surface area contributed by atoms with Gasteiger partial charge in [-0.05, 0) is 43.1 Å². The van der Waals surface area contributed by atoms with Crippen molar-refractivity contribution in [2.75, 3.05) is 0 Å². The van der Waals surface area contributed by atoms with Crippen molar-refractivity contribution in [3.8, 4) is 0 Å². The lowest BCUT2D eigenvalue weighted by atomic mass is 9.83. The summed E-state index contributed by atoms with van der Waals surface area (Å²) in [6.07, 6.45) is 4.69. The lowest BCUT2D eigenvalue weighted by molar-refractivity contribution is 0.0749. The molecule has 1 aromatic heterocycles. The van der Waals surface area contributed by atoms with Crippen molar-refractivity contribution < 1.29 is 5.11 Å². The van der Waals surface area contributed by atoms with Gasteiger partial charge in [0.1, 0.15) is 4.34 Å². The van der Waals surface area contributed by atoms with Crippen LogP contribution in [0.2, 0.25) is 8.67 Å². The van der Waals surface area contributed by atoms with E-state index < -0.39 is 6.10 Å². The van der Waals surface area contributed by atoms with Gasteiger partial charge < -0.3 is 5.11 Å². The lowest BCUT2D eigenvalue weighted by Gasteiger charge is -2.26. The van der Waals surface area contributed by atoms with Crippen molar-refractivity contribution in [2.45, 2.75) is 31.8 Å². The van der Waals surface area contributed by atoms with Crippen LogP contribution in [0.5, 0.6) is 0 Å². The maximum atomic E-state index is 10.4. The van der Waals surface area contributed by atoms with Crippen LogP contribution in [0.15, 0.2) is 6.07 Å². The molecule has 0 aromatic carbocycles. The molecule has 1 nitrogen and oxygen atoms in total. The highest BCUT2D eigenvalue weighted by atomic mass is 35.5. The molecule has 0 radical (unpaired) electrons. The number of rotatable bonds is 2. The van der Waals surface area contributed by atoms with Gasteiger partial charge in [0.2, 0.25) is 0 Å². The van der Waals surface area contributed by atoms with Crippen LogP contribution in [0.1, 0.15) is 37.4 Å². The van der Waals surface area contributed by atoms with E-state index in [0.29, 0.717) is 20.5 Å². The Kier molecular flexibility index (Phi) is 2.95. The average Bonchev–Trinajstić information content (AvgIpc) is 2.91. The summed E-state index contributed by atoms with van der Waals surface area (Å²) < 4.78 is 1.32. The molecule has 88 valence electrons. The van der Waals surface area contributed by atoms with Gasteiger partial charge in [-0.25, -0.2) is 0 Å². The van der Waals surface area contributed by atoms with Gasteiger partial charge in [-0.2, -0.15) is 0 Å². The van der Waals surface area contributed by atoms with Gasteiger partial charge in [0.05, 0.1) is 10.4 Å². The zero-order valence-corrected chi connectivity index (χ0v) is 11.2. The largest absolute Gasteiger partial charge is 0.388 e. The number of hydrogen-bond donors (Lipinski definition) is 1. The maximum Gasteiger partial charge on any atom is 0.100 e. The average molecular weight is 277 g/mol. The molecule has 0 spiro atoms. The van der Waals surface area contributed by atoms with Crippen molar-refractivity contribution >= 4 is 34.5 Å². The summed E-state index contributed by atoms with van der Waals surface area (Å²) in [6, 6.07) is 1.82. The van der Waals surface area contributed by atoms with Crippen LogP contribution >= 0.6 is 34.5 Å². The Balaban J connectivity index is 1.82. The standard InChI is InChI=1S/C12H14Cl2OS/c13-10-5-9(12(14)16-10)11(15)8-4-6-1-2-7(8)3-6/h5-8,11,15H,1-4H2. The molecule has 4 unspecified atom stereocenters. The predicted molar refractivity (Wildman–Crippen MR) is 68.2 cm³/mol. The van der Waals surface area contributed by atoms with E-state index in [1.54, 1.807) is 0 Å². The van der Waals surface area contributed by atoms with Gasteiger partial charge in [0.25, 0.3) is 0 Å². The third-order valence-electron chi connectivity index (χ3n) is 4.20. The van der Waals surface area contributed by atoms with Crippen LogP contribution in [0.4, 0.5) is 0 Å². The molecule has 1 heterocycles. The molecule has 0 saturated heterocycles. The second-order valence-corrected chi connectivity index (χ2v) is 7.35. The monoisotopic (exact) mass is 276 g/mol. The Morgan fingerprint density at radius 3 is 2.62 bits per heavy atom. The molecule has 3 rings (SSSR count). The zero-order chi connectivity index (χ0) is 11.3. The van der Waals surface area contributed by atoms with E-state index in [4.69, 9.17) is 23.2 Å². The zero-order valence-electron chi connectivity index (χ0n) is 8.83. The highest BCUT2D eigenvalue weighted by Gasteiger charge is 2.43. The molecule has 4 atom stereocenters. The van der Waals surface area contributed by atoms with E-state index in [9.17, 15) is 5.11 Å². The second-order valence-electron chi connectivity index (χ2n) is 5.06. The van der Waals surface area contributed by atoms with E-state index >= 15 is 0 Å². The Bertz CT molecular complexity index is 404. The Labute approximate surface area is 109 Å². The number of halogens is 2. The highest BCUT2D eigenvalue weighted by molar-refractivity contribution is 7.20. The summed E-state index contributed by atoms with van der Waals surface area (Å²) in [6.45, 7) is 0. The van der Waals surface area contributed by atoms with Crippen LogP contribution in [0.25, 0.3) is 0 Å². The summed E-state index contributed by atoms with van der Waals surface area (Å²) in [7, 11) is 0. The van der Waals surface area contributed by atoms with Crippen molar-refractivity contribution in [3.05, 3.63) is 20.3 Å². The molecule has 4 heteroatoms. The molecule has 16 heavy (non-hydrogen) atoms. The molecular formula is C12H14Cl2OS. The van der Waals surface area contributed by atoms with Gasteiger partial charge in [-0.1, -0.05) is 29.6 Å². The summed E-state index contributed by atoms with van der Waals surface area (Å²) in [5.74, 6) is 1.95. The van der Waals surface area contributed by atoms with E-state index in [0.717, 1.165) is 17.9 Å². The minimum Gasteiger partial charge on any atom is -0.388 e. The topological polar surface area (TPSA) is 20.2 Å². The molecule has 0 aliphatic heterocycles. The van der Waals surface area contributed by atoms with Crippen LogP contribution in [0.3, 0.4) is 0 Å². The molecule has 2 saturated carbocycles. The Hall–Kier alpha value is 0.240. The van der Waals surface area contributed by atoms with Gasteiger partial charge in [-0.3, -0.25) is 0 Å². The van der Waals surface area contributed by atoms with Crippen LogP contribution in [-0.2, 0) is 0 Å². The van der Waals surface area contributed by atoms with Crippen molar-refractivity contribution in [1.82, 2.24) is 0 Å². The van der Waals surface area contributed by atoms with Crippen molar-refractivity contribution in [2.24, 2.45) is 17.8 Å². The second kappa shape index (κ2) is 4.16. The molecule has 0 amide bonds. The molecule has 2 bridgehead atoms. The Morgan fingerprint density at radius 1 is 1.31 bits per heavy atom. The molecule has 1 N–H and O–H groups in total. The molecule has 1 aromatic rings. The molecule has 2 fully saturated rings. The quantitative estimate of drug-likeness (QED) is 0.842. The van der Waals surface area contributed by atoms with Crippen LogP contribution in [0, 0.1) is 17.8 Å². The van der Waals surface area contributed by atoms with Gasteiger partial charge >= 0.3 is 0 Å². The fraction of sp³-hybridized carbons (Fsp3) is 0.667. The van der Waals surface area contributed by atoms with E-state index in [-0.39, 0.29) is 0 Å². The fourth-order valence-corrected chi connectivity index (χ4v) is 5.00. The molecule has 2 aliphatic rings. The third-order valence-corrected chi connectivity index (χ3v) is 5.72. The normalized spacial score (nSPS) is 34.6. The summed E-state index contributed by atoms with van der Waals surface area (Å²) in [4.78, 5) is 0. The number of aliphatic hydroxyl groups is 1. The summed E-state index contributed by atoms with van der Waals surface area (Å²) in [5.41, 5.74) is 0.842. The third kappa shape index (κ3) is 1.80. The molecular weight excluding hydrogens is 263 g/mol. The predicted octanol–water partition coefficient (Wildman–Crippen LogP) is 4.52. The van der Waals surface area contributed by atoms with Gasteiger partial charge in [0.15, 0.2) is 0 Å². The summed E-state index contributed by atoms with van der Waals surface area (Å²) in [5, 5.41) is 10.4. The highest BCUT2D eigenvalue weighted by Crippen LogP contribution is 2.53. The minimum absolute atomic E-state index is 0.405. The van der Waals surface area contributed by atoms with E-state index in [1.807, 2.05) is 6.07 Å². The number of thiophene rings is 1. The first-order valence-corrected chi connectivity index (χ1v) is 7.35. The number of hydrogen-bond acceptors (Lipinski definition) is 2. The first-order valence-electron chi connectivity index (χ1n) is 5.78. The fourth-order valence-electron chi connectivity index (χ4n) is 3.47. The van der Waals surface area contributed by atoms with Gasteiger partial charge in [0, 0.05) is 5.56 Å². The van der Waals surface area contributed by atoms with Crippen molar-refractivity contribution in [1.29, 1.82) is 0 Å². The van der Waals surface area contributed by atoms with Crippen LogP contribution in [-0.4, -0.2) is 5.11 Å². The summed E-state index contributed by atoms with van der Waals surface area (Å²) >= 11 is 13.4. The van der Waals surface area contributed by atoms with Crippen molar-refractivity contribution in [3.63, 3.8) is 0 Å². The molecule has 2 aliphatic carbocycles. The first-order chi connectivity index (χ1) is 7.65. The van der Waals surface area contributed by atoms with Crippen LogP contribution < -0.4 is 0 Å². The van der Waals surface area contributed by atoms with E-state index in [2.05, 4.69) is 0 Å².